The molecule has 0 radical (unpaired) electrons. The number of fused-ring (bicyclic) bond motifs is 6. The first-order valence-corrected chi connectivity index (χ1v) is 23.9. The first-order chi connectivity index (χ1) is 32.4. The molecule has 4 aliphatic rings. The lowest BCUT2D eigenvalue weighted by Gasteiger charge is -2.37. The third-order valence-corrected chi connectivity index (χ3v) is 14.0. The number of aromatic hydroxyl groups is 1. The predicted molar refractivity (Wildman–Crippen MR) is 258 cm³/mol. The van der Waals surface area contributed by atoms with Crippen molar-refractivity contribution in [1.29, 1.82) is 0 Å². The zero-order valence-corrected chi connectivity index (χ0v) is 40.6. The number of phenols is 1. The number of likely N-dealkylation sites (tertiary alicyclic amines) is 1. The Morgan fingerprint density at radius 3 is 2.57 bits per heavy atom. The quantitative estimate of drug-likeness (QED) is 0.0927. The lowest BCUT2D eigenvalue weighted by molar-refractivity contribution is -0.155. The van der Waals surface area contributed by atoms with Gasteiger partial charge in [-0.1, -0.05) is 32.6 Å². The molecule has 0 unspecified atom stereocenters. The topological polar surface area (TPSA) is 198 Å². The molecule has 4 N–H and O–H groups in total. The van der Waals surface area contributed by atoms with E-state index in [0.29, 0.717) is 61.9 Å². The van der Waals surface area contributed by atoms with Gasteiger partial charge in [0.15, 0.2) is 0 Å². The van der Waals surface area contributed by atoms with Gasteiger partial charge in [-0.05, 0) is 124 Å². The van der Waals surface area contributed by atoms with Gasteiger partial charge in [0.05, 0.1) is 30.1 Å². The van der Waals surface area contributed by atoms with Crippen LogP contribution in [-0.4, -0.2) is 129 Å². The Balaban J connectivity index is 1.20. The molecule has 6 bridgehead atoms. The van der Waals surface area contributed by atoms with Gasteiger partial charge in [-0.3, -0.25) is 34.0 Å². The monoisotopic (exact) mass is 931 g/mol. The van der Waals surface area contributed by atoms with Crippen molar-refractivity contribution in [3.05, 3.63) is 83.7 Å². The van der Waals surface area contributed by atoms with Crippen LogP contribution in [0.4, 0.5) is 0 Å². The largest absolute Gasteiger partial charge is 0.508 e. The highest BCUT2D eigenvalue weighted by Crippen LogP contribution is 2.42. The average Bonchev–Trinajstić information content (AvgIpc) is 4.04. The number of aryl methyl sites for hydroxylation is 1. The Morgan fingerprint density at radius 2 is 1.87 bits per heavy atom. The minimum atomic E-state index is -1.22. The molecule has 7 atom stereocenters. The van der Waals surface area contributed by atoms with Gasteiger partial charge in [0.2, 0.25) is 17.7 Å². The summed E-state index contributed by atoms with van der Waals surface area (Å²) >= 11 is 0. The second-order valence-electron chi connectivity index (χ2n) is 19.9. The van der Waals surface area contributed by atoms with Crippen LogP contribution in [0.2, 0.25) is 0 Å². The van der Waals surface area contributed by atoms with Gasteiger partial charge in [0.25, 0.3) is 5.91 Å². The van der Waals surface area contributed by atoms with E-state index in [4.69, 9.17) is 14.5 Å². The van der Waals surface area contributed by atoms with Crippen LogP contribution >= 0.6 is 0 Å². The van der Waals surface area contributed by atoms with Gasteiger partial charge in [-0.2, -0.15) is 0 Å². The second kappa shape index (κ2) is 19.5. The van der Waals surface area contributed by atoms with Gasteiger partial charge in [-0.25, -0.2) is 5.43 Å². The van der Waals surface area contributed by atoms with Crippen molar-refractivity contribution in [2.45, 2.75) is 129 Å². The van der Waals surface area contributed by atoms with E-state index in [2.05, 4.69) is 66.2 Å². The van der Waals surface area contributed by atoms with E-state index >= 15 is 0 Å². The van der Waals surface area contributed by atoms with E-state index in [0.717, 1.165) is 39.0 Å². The van der Waals surface area contributed by atoms with Gasteiger partial charge in [0.1, 0.15) is 29.9 Å². The second-order valence-corrected chi connectivity index (χ2v) is 19.9. The number of phenolic OH excluding ortho intramolecular Hbond substituents is 1. The van der Waals surface area contributed by atoms with Gasteiger partial charge < -0.3 is 39.6 Å². The Morgan fingerprint density at radius 1 is 1.10 bits per heavy atom. The summed E-state index contributed by atoms with van der Waals surface area (Å²) in [6.45, 7) is 17.4. The molecule has 4 amide bonds. The zero-order chi connectivity index (χ0) is 48.8. The number of hydrogen-bond donors (Lipinski definition) is 4. The molecule has 0 aliphatic carbocycles. The van der Waals surface area contributed by atoms with E-state index in [9.17, 15) is 29.1 Å². The lowest BCUT2D eigenvalue weighted by Crippen LogP contribution is -2.62. The highest BCUT2D eigenvalue weighted by molar-refractivity contribution is 5.98. The number of methoxy groups -OCH3 is 1. The number of rotatable bonds is 10. The van der Waals surface area contributed by atoms with Crippen molar-refractivity contribution >= 4 is 40.5 Å². The van der Waals surface area contributed by atoms with E-state index in [1.54, 1.807) is 37.3 Å². The number of hydrazine groups is 1. The summed E-state index contributed by atoms with van der Waals surface area (Å²) in [6.07, 6.45) is 3.99. The normalized spacial score (nSPS) is 23.6. The number of amides is 4. The zero-order valence-electron chi connectivity index (χ0n) is 40.6. The highest BCUT2D eigenvalue weighted by atomic mass is 16.5. The first kappa shape index (κ1) is 48.4. The van der Waals surface area contributed by atoms with Crippen LogP contribution in [0.15, 0.2) is 66.9 Å². The standard InChI is InChI=1S/C52H66N8O8/c1-10-58-42-18-16-33-25-37(42)38(46(58)36-13-11-19-53-44(36)31(5)67-9)26-52(6,7)28-68-51(66)39-14-12-20-59(56-39)48(63)40(23-32-21-34(33)24-35(61)22-32)55-47(62)45(29(2)3)57(8)50(65)43-17-15-30(4)60(43)49(64)41-27-54-41/h11,13,16,18-19,21-22,24-25,30-31,39-41,43,45,54,56,61H,2,10,12,14-15,17,20,23,26-28H2,1,3-9H3,(H,55,62)/t30-,31+,39+,40+,41+,43-,45+/m1/s1. The third kappa shape index (κ3) is 9.63. The van der Waals surface area contributed by atoms with Crippen molar-refractivity contribution < 1.29 is 38.6 Å². The number of aromatic nitrogens is 2. The molecule has 16 heteroatoms. The van der Waals surface area contributed by atoms with Crippen molar-refractivity contribution in [1.82, 2.24) is 40.4 Å². The van der Waals surface area contributed by atoms with Crippen LogP contribution in [0.25, 0.3) is 33.3 Å². The third-order valence-electron chi connectivity index (χ3n) is 14.0. The fourth-order valence-electron chi connectivity index (χ4n) is 10.4. The molecular weight excluding hydrogens is 865 g/mol. The Bertz CT molecular complexity index is 2640. The minimum absolute atomic E-state index is 0.0263. The summed E-state index contributed by atoms with van der Waals surface area (Å²) in [5, 5.41) is 19.7. The van der Waals surface area contributed by atoms with E-state index in [-0.39, 0.29) is 49.4 Å². The molecule has 8 rings (SSSR count). The number of hydrogen-bond acceptors (Lipinski definition) is 11. The summed E-state index contributed by atoms with van der Waals surface area (Å²) < 4.78 is 14.2. The number of cyclic esters (lactones) is 1. The van der Waals surface area contributed by atoms with Crippen molar-refractivity contribution in [2.24, 2.45) is 5.41 Å². The smallest absolute Gasteiger partial charge is 0.324 e. The number of likely N-dealkylation sites (N-methyl/N-ethyl adjacent to an activating group) is 1. The Hall–Kier alpha value is -6.10. The summed E-state index contributed by atoms with van der Waals surface area (Å²) in [5.41, 5.74) is 9.80. The van der Waals surface area contributed by atoms with Crippen molar-refractivity contribution in [2.75, 3.05) is 33.9 Å². The maximum absolute atomic E-state index is 14.8. The number of carbonyl (C=O) groups excluding carboxylic acids is 5. The number of esters is 1. The molecule has 362 valence electrons. The molecule has 16 nitrogen and oxygen atoms in total. The lowest BCUT2D eigenvalue weighted by atomic mass is 9.84. The summed E-state index contributed by atoms with van der Waals surface area (Å²) in [7, 11) is 3.19. The van der Waals surface area contributed by atoms with Crippen LogP contribution in [0.5, 0.6) is 5.75 Å². The number of ether oxygens (including phenoxy) is 2. The minimum Gasteiger partial charge on any atom is -0.508 e. The van der Waals surface area contributed by atoms with Crippen LogP contribution in [-0.2, 0) is 52.8 Å². The van der Waals surface area contributed by atoms with Gasteiger partial charge >= 0.3 is 5.97 Å². The number of carbonyl (C=O) groups is 5. The highest BCUT2D eigenvalue weighted by Gasteiger charge is 2.46. The summed E-state index contributed by atoms with van der Waals surface area (Å²) in [4.78, 5) is 78.7. The molecule has 2 aromatic carbocycles. The van der Waals surface area contributed by atoms with Crippen molar-refractivity contribution in [3.8, 4) is 28.1 Å². The molecule has 2 aromatic heterocycles. The molecule has 3 saturated heterocycles. The number of nitrogens with one attached hydrogen (secondary N) is 3. The van der Waals surface area contributed by atoms with Gasteiger partial charge in [0, 0.05) is 74.3 Å². The number of nitrogens with zero attached hydrogens (tertiary/aromatic N) is 5. The number of benzene rings is 2. The first-order valence-electron chi connectivity index (χ1n) is 23.9. The molecule has 4 aliphatic heterocycles. The average molecular weight is 931 g/mol. The molecule has 68 heavy (non-hydrogen) atoms. The summed E-state index contributed by atoms with van der Waals surface area (Å²) in [6, 6.07) is 10.9. The van der Waals surface area contributed by atoms with Gasteiger partial charge in [-0.15, -0.1) is 0 Å². The van der Waals surface area contributed by atoms with E-state index < -0.39 is 53.3 Å². The van der Waals surface area contributed by atoms with Crippen LogP contribution in [0, 0.1) is 5.41 Å². The van der Waals surface area contributed by atoms with Crippen LogP contribution in [0.3, 0.4) is 0 Å². The molecule has 0 spiro atoms. The summed E-state index contributed by atoms with van der Waals surface area (Å²) in [5.74, 6) is -2.19. The van der Waals surface area contributed by atoms with E-state index in [1.165, 1.54) is 17.0 Å². The maximum atomic E-state index is 14.8. The maximum Gasteiger partial charge on any atom is 0.324 e. The molecule has 0 saturated carbocycles. The Labute approximate surface area is 398 Å². The molecule has 3 fully saturated rings. The fourth-order valence-corrected chi connectivity index (χ4v) is 10.4. The van der Waals surface area contributed by atoms with Crippen LogP contribution in [0.1, 0.15) is 90.2 Å². The Kier molecular flexibility index (Phi) is 13.9. The van der Waals surface area contributed by atoms with E-state index in [1.807, 2.05) is 32.0 Å². The fraction of sp³-hybridized carbons (Fsp3) is 0.500. The molecular formula is C52H66N8O8. The predicted octanol–water partition coefficient (Wildman–Crippen LogP) is 5.21. The van der Waals surface area contributed by atoms with Crippen molar-refractivity contribution in [3.63, 3.8) is 0 Å². The SMILES string of the molecule is C=C(C)[C@@H](C(=O)N[C@H]1Cc2cc(O)cc(c2)-c2ccc3c(c2)c(c(-c2cccnc2[C@H](C)OC)n3CC)CC(C)(C)COC(=O)[C@@H]2CCCN(N2)C1=O)N(C)C(=O)[C@H]1CC[C@@H](C)N1C(=O)[C@@H]1CN1. The molecule has 6 heterocycles. The number of pyridine rings is 1. The van der Waals surface area contributed by atoms with Crippen LogP contribution < -0.4 is 16.1 Å². The molecule has 4 aromatic rings.